The number of nitrogens with zero attached hydrogens (tertiary/aromatic N) is 1. The van der Waals surface area contributed by atoms with Crippen molar-refractivity contribution in [3.05, 3.63) is 35.9 Å². The summed E-state index contributed by atoms with van der Waals surface area (Å²) in [7, 11) is 0. The van der Waals surface area contributed by atoms with Gasteiger partial charge in [-0.05, 0) is 18.4 Å². The van der Waals surface area contributed by atoms with Gasteiger partial charge in [-0.2, -0.15) is 0 Å². The quantitative estimate of drug-likeness (QED) is 0.875. The largest absolute Gasteiger partial charge is 0.481 e. The van der Waals surface area contributed by atoms with Crippen LogP contribution >= 0.6 is 11.8 Å². The van der Waals surface area contributed by atoms with Crippen LogP contribution in [0.3, 0.4) is 0 Å². The van der Waals surface area contributed by atoms with Gasteiger partial charge in [-0.15, -0.1) is 11.8 Å². The third-order valence-corrected chi connectivity index (χ3v) is 4.43. The van der Waals surface area contributed by atoms with E-state index in [0.29, 0.717) is 12.3 Å². The van der Waals surface area contributed by atoms with Crippen molar-refractivity contribution in [3.63, 3.8) is 0 Å². The monoisotopic (exact) mass is 293 g/mol. The minimum absolute atomic E-state index is 0.0645. The fraction of sp³-hybridized carbons (Fsp3) is 0.467. The Hall–Kier alpha value is -1.49. The van der Waals surface area contributed by atoms with Crippen molar-refractivity contribution in [1.29, 1.82) is 0 Å². The average Bonchev–Trinajstić information content (AvgIpc) is 2.87. The molecule has 108 valence electrons. The third-order valence-electron chi connectivity index (χ3n) is 3.44. The molecule has 1 fully saturated rings. The number of hydrogen-bond donors (Lipinski definition) is 1. The van der Waals surface area contributed by atoms with Crippen molar-refractivity contribution < 1.29 is 14.7 Å². The maximum Gasteiger partial charge on any atom is 0.305 e. The Labute approximate surface area is 123 Å². The van der Waals surface area contributed by atoms with Gasteiger partial charge in [0.25, 0.3) is 0 Å². The Balaban J connectivity index is 1.78. The zero-order valence-electron chi connectivity index (χ0n) is 11.3. The number of carboxylic acid groups (broad SMARTS) is 1. The minimum atomic E-state index is -0.827. The molecule has 1 aliphatic rings. The SMILES string of the molecule is O=C(O)CC1CCCN1C(=O)CSCc1ccccc1. The Morgan fingerprint density at radius 1 is 1.30 bits per heavy atom. The lowest BCUT2D eigenvalue weighted by Gasteiger charge is -2.23. The highest BCUT2D eigenvalue weighted by molar-refractivity contribution is 7.99. The normalized spacial score (nSPS) is 18.2. The van der Waals surface area contributed by atoms with Crippen LogP contribution < -0.4 is 0 Å². The second-order valence-corrected chi connectivity index (χ2v) is 5.95. The standard InChI is InChI=1S/C15H19NO3S/c17-14(11-20-10-12-5-2-1-3-6-12)16-8-4-7-13(16)9-15(18)19/h1-3,5-6,13H,4,7-11H2,(H,18,19). The predicted octanol–water partition coefficient (Wildman–Crippen LogP) is 2.39. The maximum absolute atomic E-state index is 12.1. The van der Waals surface area contributed by atoms with Gasteiger partial charge < -0.3 is 10.0 Å². The summed E-state index contributed by atoms with van der Waals surface area (Å²) >= 11 is 1.58. The van der Waals surface area contributed by atoms with Crippen molar-refractivity contribution in [2.45, 2.75) is 31.1 Å². The zero-order chi connectivity index (χ0) is 14.4. The van der Waals surface area contributed by atoms with Gasteiger partial charge >= 0.3 is 5.97 Å². The molecule has 1 atom stereocenters. The summed E-state index contributed by atoms with van der Waals surface area (Å²) in [6.45, 7) is 0.697. The van der Waals surface area contributed by atoms with Crippen LogP contribution in [0.2, 0.25) is 0 Å². The van der Waals surface area contributed by atoms with Crippen LogP contribution in [0, 0.1) is 0 Å². The van der Waals surface area contributed by atoms with E-state index in [4.69, 9.17) is 5.11 Å². The molecule has 5 heteroatoms. The van der Waals surface area contributed by atoms with Gasteiger partial charge in [-0.1, -0.05) is 30.3 Å². The van der Waals surface area contributed by atoms with Crippen molar-refractivity contribution in [1.82, 2.24) is 4.90 Å². The number of thioether (sulfide) groups is 1. The van der Waals surface area contributed by atoms with Gasteiger partial charge in [0.05, 0.1) is 12.2 Å². The van der Waals surface area contributed by atoms with E-state index in [2.05, 4.69) is 0 Å². The molecule has 0 saturated carbocycles. The Kier molecular flexibility index (Phi) is 5.47. The molecular formula is C15H19NO3S. The molecule has 1 amide bonds. The lowest BCUT2D eigenvalue weighted by Crippen LogP contribution is -2.37. The number of carbonyl (C=O) groups is 2. The number of amides is 1. The first-order valence-corrected chi connectivity index (χ1v) is 7.95. The molecule has 20 heavy (non-hydrogen) atoms. The van der Waals surface area contributed by atoms with E-state index in [1.807, 2.05) is 30.3 Å². The molecule has 2 rings (SSSR count). The first-order chi connectivity index (χ1) is 9.66. The number of carbonyl (C=O) groups excluding carboxylic acids is 1. The third kappa shape index (κ3) is 4.27. The number of carboxylic acids is 1. The molecule has 0 spiro atoms. The van der Waals surface area contributed by atoms with Crippen molar-refractivity contribution in [3.8, 4) is 0 Å². The Morgan fingerprint density at radius 2 is 2.05 bits per heavy atom. The predicted molar refractivity (Wildman–Crippen MR) is 79.6 cm³/mol. The highest BCUT2D eigenvalue weighted by Gasteiger charge is 2.29. The van der Waals surface area contributed by atoms with Crippen LogP contribution in [0.5, 0.6) is 0 Å². The molecular weight excluding hydrogens is 274 g/mol. The molecule has 0 bridgehead atoms. The Morgan fingerprint density at radius 3 is 2.75 bits per heavy atom. The van der Waals surface area contributed by atoms with Crippen LogP contribution in [-0.4, -0.2) is 40.2 Å². The van der Waals surface area contributed by atoms with Crippen LogP contribution in [0.1, 0.15) is 24.8 Å². The Bertz CT molecular complexity index is 463. The van der Waals surface area contributed by atoms with E-state index in [1.165, 1.54) is 5.56 Å². The zero-order valence-corrected chi connectivity index (χ0v) is 12.1. The molecule has 1 N–H and O–H groups in total. The summed E-state index contributed by atoms with van der Waals surface area (Å²) in [5.41, 5.74) is 1.20. The fourth-order valence-electron chi connectivity index (χ4n) is 2.49. The summed E-state index contributed by atoms with van der Waals surface area (Å²) in [6, 6.07) is 9.92. The van der Waals surface area contributed by atoms with Gasteiger partial charge in [0.15, 0.2) is 0 Å². The molecule has 0 radical (unpaired) electrons. The number of benzene rings is 1. The van der Waals surface area contributed by atoms with E-state index in [-0.39, 0.29) is 18.4 Å². The number of aliphatic carboxylic acids is 1. The van der Waals surface area contributed by atoms with Crippen molar-refractivity contribution >= 4 is 23.6 Å². The highest BCUT2D eigenvalue weighted by Crippen LogP contribution is 2.22. The fourth-order valence-corrected chi connectivity index (χ4v) is 3.36. The van der Waals surface area contributed by atoms with Crippen LogP contribution in [-0.2, 0) is 15.3 Å². The van der Waals surface area contributed by atoms with Crippen LogP contribution in [0.15, 0.2) is 30.3 Å². The van der Waals surface area contributed by atoms with Crippen molar-refractivity contribution in [2.24, 2.45) is 0 Å². The van der Waals surface area contributed by atoms with Gasteiger partial charge in [-0.25, -0.2) is 0 Å². The van der Waals surface area contributed by atoms with Crippen molar-refractivity contribution in [2.75, 3.05) is 12.3 Å². The van der Waals surface area contributed by atoms with E-state index in [1.54, 1.807) is 16.7 Å². The molecule has 1 aromatic rings. The molecule has 4 nitrogen and oxygen atoms in total. The van der Waals surface area contributed by atoms with Crippen LogP contribution in [0.25, 0.3) is 0 Å². The van der Waals surface area contributed by atoms with Crippen LogP contribution in [0.4, 0.5) is 0 Å². The van der Waals surface area contributed by atoms with Gasteiger partial charge in [0, 0.05) is 18.3 Å². The molecule has 1 heterocycles. The topological polar surface area (TPSA) is 57.6 Å². The molecule has 0 aliphatic carbocycles. The smallest absolute Gasteiger partial charge is 0.305 e. The lowest BCUT2D eigenvalue weighted by molar-refractivity contribution is -0.139. The molecule has 1 unspecified atom stereocenters. The average molecular weight is 293 g/mol. The summed E-state index contributed by atoms with van der Waals surface area (Å²) in [6.07, 6.45) is 1.78. The highest BCUT2D eigenvalue weighted by atomic mass is 32.2. The van der Waals surface area contributed by atoms with E-state index < -0.39 is 5.97 Å². The van der Waals surface area contributed by atoms with E-state index >= 15 is 0 Å². The maximum atomic E-state index is 12.1. The summed E-state index contributed by atoms with van der Waals surface area (Å²) in [5, 5.41) is 8.86. The summed E-state index contributed by atoms with van der Waals surface area (Å²) in [4.78, 5) is 24.7. The number of rotatable bonds is 6. The lowest BCUT2D eigenvalue weighted by atomic mass is 10.1. The van der Waals surface area contributed by atoms with Gasteiger partial charge in [0.1, 0.15) is 0 Å². The van der Waals surface area contributed by atoms with Gasteiger partial charge in [0.2, 0.25) is 5.91 Å². The summed E-state index contributed by atoms with van der Waals surface area (Å²) in [5.74, 6) is 0.469. The minimum Gasteiger partial charge on any atom is -0.481 e. The second kappa shape index (κ2) is 7.33. The number of hydrogen-bond acceptors (Lipinski definition) is 3. The first kappa shape index (κ1) is 14.9. The molecule has 1 saturated heterocycles. The molecule has 0 aromatic heterocycles. The molecule has 1 aromatic carbocycles. The van der Waals surface area contributed by atoms with Gasteiger partial charge in [-0.3, -0.25) is 9.59 Å². The number of likely N-dealkylation sites (tertiary alicyclic amines) is 1. The first-order valence-electron chi connectivity index (χ1n) is 6.80. The summed E-state index contributed by atoms with van der Waals surface area (Å²) < 4.78 is 0. The second-order valence-electron chi connectivity index (χ2n) is 4.96. The molecule has 1 aliphatic heterocycles. The van der Waals surface area contributed by atoms with E-state index in [9.17, 15) is 9.59 Å². The van der Waals surface area contributed by atoms with E-state index in [0.717, 1.165) is 18.6 Å².